The summed E-state index contributed by atoms with van der Waals surface area (Å²) in [4.78, 5) is 0. The Hall–Kier alpha value is -0.870. The molecule has 1 aromatic rings. The summed E-state index contributed by atoms with van der Waals surface area (Å²) >= 11 is 0. The van der Waals surface area contributed by atoms with Gasteiger partial charge in [0.1, 0.15) is 0 Å². The topological polar surface area (TPSA) is 39.1 Å². The maximum atomic E-state index is 5.14. The molecule has 1 atom stereocenters. The van der Waals surface area contributed by atoms with Crippen LogP contribution >= 0.6 is 0 Å². The number of aryl methyl sites for hydroxylation is 1. The molecule has 0 radical (unpaired) electrons. The summed E-state index contributed by atoms with van der Waals surface area (Å²) in [6.45, 7) is 6.68. The number of nitrogens with one attached hydrogen (secondary N) is 1. The van der Waals surface area contributed by atoms with E-state index < -0.39 is 0 Å². The Morgan fingerprint density at radius 2 is 2.43 bits per heavy atom. The standard InChI is InChI=1S/C10H19N3O/c1-4-11-10(8-14-3)7-13-9(2)5-6-12-13/h5-6,10-11H,4,7-8H2,1-3H3. The molecule has 0 aliphatic heterocycles. The number of methoxy groups -OCH3 is 1. The number of likely N-dealkylation sites (N-methyl/N-ethyl adjacent to an activating group) is 1. The molecule has 0 saturated carbocycles. The van der Waals surface area contributed by atoms with Gasteiger partial charge in [-0.15, -0.1) is 0 Å². The summed E-state index contributed by atoms with van der Waals surface area (Å²) in [5.41, 5.74) is 1.18. The van der Waals surface area contributed by atoms with Gasteiger partial charge in [-0.2, -0.15) is 5.10 Å². The van der Waals surface area contributed by atoms with Gasteiger partial charge in [0.15, 0.2) is 0 Å². The van der Waals surface area contributed by atoms with Crippen molar-refractivity contribution in [1.29, 1.82) is 0 Å². The maximum absolute atomic E-state index is 5.14. The summed E-state index contributed by atoms with van der Waals surface area (Å²) in [5.74, 6) is 0. The van der Waals surface area contributed by atoms with E-state index in [0.29, 0.717) is 12.6 Å². The predicted molar refractivity (Wildman–Crippen MR) is 56.3 cm³/mol. The van der Waals surface area contributed by atoms with Gasteiger partial charge in [-0.3, -0.25) is 4.68 Å². The fourth-order valence-corrected chi connectivity index (χ4v) is 1.46. The van der Waals surface area contributed by atoms with Crippen LogP contribution in [0.5, 0.6) is 0 Å². The van der Waals surface area contributed by atoms with Gasteiger partial charge in [0.05, 0.1) is 19.2 Å². The second kappa shape index (κ2) is 5.78. The number of aromatic nitrogens is 2. The molecule has 0 bridgehead atoms. The molecule has 1 N–H and O–H groups in total. The van der Waals surface area contributed by atoms with Crippen molar-refractivity contribution >= 4 is 0 Å². The molecular weight excluding hydrogens is 178 g/mol. The van der Waals surface area contributed by atoms with Crippen molar-refractivity contribution in [2.45, 2.75) is 26.4 Å². The summed E-state index contributed by atoms with van der Waals surface area (Å²) in [7, 11) is 1.72. The molecule has 0 spiro atoms. The smallest absolute Gasteiger partial charge is 0.0633 e. The van der Waals surface area contributed by atoms with Crippen LogP contribution in [-0.2, 0) is 11.3 Å². The number of rotatable bonds is 6. The van der Waals surface area contributed by atoms with Crippen LogP contribution in [-0.4, -0.2) is 36.1 Å². The molecule has 0 saturated heterocycles. The van der Waals surface area contributed by atoms with E-state index in [0.717, 1.165) is 13.1 Å². The summed E-state index contributed by atoms with van der Waals surface area (Å²) < 4.78 is 7.13. The third-order valence-electron chi connectivity index (χ3n) is 2.18. The Labute approximate surface area is 85.3 Å². The first-order chi connectivity index (χ1) is 6.77. The largest absolute Gasteiger partial charge is 0.383 e. The van der Waals surface area contributed by atoms with E-state index in [9.17, 15) is 0 Å². The van der Waals surface area contributed by atoms with Crippen molar-refractivity contribution < 1.29 is 4.74 Å². The monoisotopic (exact) mass is 197 g/mol. The molecule has 0 aliphatic carbocycles. The Morgan fingerprint density at radius 1 is 1.64 bits per heavy atom. The second-order valence-electron chi connectivity index (χ2n) is 3.36. The molecule has 1 unspecified atom stereocenters. The van der Waals surface area contributed by atoms with E-state index in [4.69, 9.17) is 4.74 Å². The highest BCUT2D eigenvalue weighted by atomic mass is 16.5. The lowest BCUT2D eigenvalue weighted by molar-refractivity contribution is 0.157. The SMILES string of the molecule is CCNC(COC)Cn1nccc1C. The molecule has 0 amide bonds. The van der Waals surface area contributed by atoms with Crippen LogP contribution in [0.25, 0.3) is 0 Å². The van der Waals surface area contributed by atoms with Gasteiger partial charge in [0, 0.05) is 19.0 Å². The van der Waals surface area contributed by atoms with Crippen LogP contribution in [0.1, 0.15) is 12.6 Å². The van der Waals surface area contributed by atoms with Crippen molar-refractivity contribution in [1.82, 2.24) is 15.1 Å². The molecule has 4 nitrogen and oxygen atoms in total. The van der Waals surface area contributed by atoms with Gasteiger partial charge < -0.3 is 10.1 Å². The second-order valence-corrected chi connectivity index (χ2v) is 3.36. The summed E-state index contributed by atoms with van der Waals surface area (Å²) in [6.07, 6.45) is 1.82. The zero-order valence-corrected chi connectivity index (χ0v) is 9.16. The molecular formula is C10H19N3O. The highest BCUT2D eigenvalue weighted by Crippen LogP contribution is 1.98. The third kappa shape index (κ3) is 3.12. The van der Waals surface area contributed by atoms with Crippen molar-refractivity contribution in [2.24, 2.45) is 0 Å². The zero-order chi connectivity index (χ0) is 10.4. The number of hydrogen-bond acceptors (Lipinski definition) is 3. The van der Waals surface area contributed by atoms with Gasteiger partial charge >= 0.3 is 0 Å². The number of hydrogen-bond donors (Lipinski definition) is 1. The van der Waals surface area contributed by atoms with Crippen LogP contribution in [0, 0.1) is 6.92 Å². The fourth-order valence-electron chi connectivity index (χ4n) is 1.46. The minimum absolute atomic E-state index is 0.337. The molecule has 80 valence electrons. The van der Waals surface area contributed by atoms with E-state index in [1.807, 2.05) is 16.9 Å². The quantitative estimate of drug-likeness (QED) is 0.733. The average Bonchev–Trinajstić information content (AvgIpc) is 2.53. The van der Waals surface area contributed by atoms with Crippen LogP contribution in [0.4, 0.5) is 0 Å². The van der Waals surface area contributed by atoms with Crippen LogP contribution in [0.3, 0.4) is 0 Å². The third-order valence-corrected chi connectivity index (χ3v) is 2.18. The first-order valence-corrected chi connectivity index (χ1v) is 4.98. The number of ether oxygens (including phenoxy) is 1. The molecule has 1 aromatic heterocycles. The van der Waals surface area contributed by atoms with Gasteiger partial charge in [-0.1, -0.05) is 6.92 Å². The Balaban J connectivity index is 2.50. The minimum Gasteiger partial charge on any atom is -0.383 e. The highest BCUT2D eigenvalue weighted by molar-refractivity contribution is 4.96. The lowest BCUT2D eigenvalue weighted by Crippen LogP contribution is -2.37. The van der Waals surface area contributed by atoms with E-state index in [1.54, 1.807) is 7.11 Å². The van der Waals surface area contributed by atoms with Gasteiger partial charge in [-0.05, 0) is 19.5 Å². The van der Waals surface area contributed by atoms with E-state index in [1.165, 1.54) is 5.69 Å². The predicted octanol–water partition coefficient (Wildman–Crippen LogP) is 0.816. The number of nitrogens with zero attached hydrogens (tertiary/aromatic N) is 2. The summed E-state index contributed by atoms with van der Waals surface area (Å²) in [6, 6.07) is 2.35. The molecule has 1 rings (SSSR count). The highest BCUT2D eigenvalue weighted by Gasteiger charge is 2.08. The normalized spacial score (nSPS) is 13.1. The summed E-state index contributed by atoms with van der Waals surface area (Å²) in [5, 5.41) is 7.60. The van der Waals surface area contributed by atoms with E-state index in [-0.39, 0.29) is 0 Å². The molecule has 14 heavy (non-hydrogen) atoms. The lowest BCUT2D eigenvalue weighted by Gasteiger charge is -2.17. The molecule has 4 heteroatoms. The molecule has 1 heterocycles. The minimum atomic E-state index is 0.337. The van der Waals surface area contributed by atoms with Crippen LogP contribution in [0.2, 0.25) is 0 Å². The van der Waals surface area contributed by atoms with Gasteiger partial charge in [-0.25, -0.2) is 0 Å². The van der Waals surface area contributed by atoms with Crippen LogP contribution in [0.15, 0.2) is 12.3 Å². The van der Waals surface area contributed by atoms with Crippen LogP contribution < -0.4 is 5.32 Å². The first kappa shape index (κ1) is 11.2. The van der Waals surface area contributed by atoms with Crippen molar-refractivity contribution in [2.75, 3.05) is 20.3 Å². The van der Waals surface area contributed by atoms with Crippen molar-refractivity contribution in [3.8, 4) is 0 Å². The van der Waals surface area contributed by atoms with E-state index >= 15 is 0 Å². The average molecular weight is 197 g/mol. The lowest BCUT2D eigenvalue weighted by atomic mass is 10.3. The van der Waals surface area contributed by atoms with Gasteiger partial charge in [0.2, 0.25) is 0 Å². The molecule has 0 aromatic carbocycles. The van der Waals surface area contributed by atoms with Gasteiger partial charge in [0.25, 0.3) is 0 Å². The molecule has 0 fully saturated rings. The Kier molecular flexibility index (Phi) is 4.62. The first-order valence-electron chi connectivity index (χ1n) is 4.98. The van der Waals surface area contributed by atoms with E-state index in [2.05, 4.69) is 24.3 Å². The maximum Gasteiger partial charge on any atom is 0.0633 e. The molecule has 0 aliphatic rings. The fraction of sp³-hybridized carbons (Fsp3) is 0.700. The van der Waals surface area contributed by atoms with Crippen molar-refractivity contribution in [3.05, 3.63) is 18.0 Å². The Morgan fingerprint density at radius 3 is 2.93 bits per heavy atom. The zero-order valence-electron chi connectivity index (χ0n) is 9.16. The Bertz CT molecular complexity index is 254. The van der Waals surface area contributed by atoms with Crippen molar-refractivity contribution in [3.63, 3.8) is 0 Å².